The van der Waals surface area contributed by atoms with Crippen molar-refractivity contribution in [2.75, 3.05) is 0 Å². The third-order valence-corrected chi connectivity index (χ3v) is 2.73. The Labute approximate surface area is 104 Å². The van der Waals surface area contributed by atoms with Gasteiger partial charge in [-0.25, -0.2) is 4.79 Å². The van der Waals surface area contributed by atoms with E-state index in [0.29, 0.717) is 5.69 Å². The average molecular weight is 246 g/mol. The summed E-state index contributed by atoms with van der Waals surface area (Å²) in [5.74, 6) is -1.22. The first-order valence-corrected chi connectivity index (χ1v) is 5.57. The molecule has 0 aliphatic heterocycles. The number of aliphatic carboxylic acids is 1. The summed E-state index contributed by atoms with van der Waals surface area (Å²) in [6.07, 6.45) is -1.35. The summed E-state index contributed by atoms with van der Waals surface area (Å²) >= 11 is 0. The minimum absolute atomic E-state index is 0.0473. The molecule has 0 aliphatic carbocycles. The lowest BCUT2D eigenvalue weighted by Gasteiger charge is -2.04. The fraction of sp³-hybridized carbons (Fsp3) is 0.231. The Morgan fingerprint density at radius 1 is 1.39 bits per heavy atom. The van der Waals surface area contributed by atoms with Crippen LogP contribution < -0.4 is 0 Å². The zero-order chi connectivity index (χ0) is 13.1. The smallest absolute Gasteiger partial charge is 0.332 e. The van der Waals surface area contributed by atoms with Crippen molar-refractivity contribution in [3.8, 4) is 11.3 Å². The summed E-state index contributed by atoms with van der Waals surface area (Å²) in [5.41, 5.74) is 2.42. The standard InChI is InChI=1S/C13H14N2O3/c1-15-10(8-12(16)13(17)18)7-11(14-15)9-5-3-2-4-6-9/h2-7,12,16H,8H2,1H3,(H,17,18). The van der Waals surface area contributed by atoms with Crippen LogP contribution in [0.15, 0.2) is 36.4 Å². The van der Waals surface area contributed by atoms with Crippen LogP contribution in [-0.4, -0.2) is 32.1 Å². The van der Waals surface area contributed by atoms with Gasteiger partial charge >= 0.3 is 5.97 Å². The summed E-state index contributed by atoms with van der Waals surface area (Å²) in [7, 11) is 1.73. The van der Waals surface area contributed by atoms with Crippen molar-refractivity contribution in [1.29, 1.82) is 0 Å². The molecule has 1 aromatic heterocycles. The lowest BCUT2D eigenvalue weighted by molar-refractivity contribution is -0.146. The van der Waals surface area contributed by atoms with Gasteiger partial charge in [-0.3, -0.25) is 4.68 Å². The molecule has 2 N–H and O–H groups in total. The van der Waals surface area contributed by atoms with Crippen LogP contribution in [0.5, 0.6) is 0 Å². The van der Waals surface area contributed by atoms with Crippen molar-refractivity contribution in [3.05, 3.63) is 42.1 Å². The molecule has 0 amide bonds. The Morgan fingerprint density at radius 3 is 2.67 bits per heavy atom. The summed E-state index contributed by atoms with van der Waals surface area (Å²) in [5, 5.41) is 22.3. The first-order valence-electron chi connectivity index (χ1n) is 5.57. The van der Waals surface area contributed by atoms with E-state index in [1.807, 2.05) is 30.3 Å². The Hall–Kier alpha value is -2.14. The van der Waals surface area contributed by atoms with Crippen LogP contribution in [0.3, 0.4) is 0 Å². The number of rotatable bonds is 4. The highest BCUT2D eigenvalue weighted by atomic mass is 16.4. The number of aliphatic hydroxyl groups excluding tert-OH is 1. The fourth-order valence-electron chi connectivity index (χ4n) is 1.73. The lowest BCUT2D eigenvalue weighted by Crippen LogP contribution is -2.23. The summed E-state index contributed by atoms with van der Waals surface area (Å²) in [4.78, 5) is 10.6. The largest absolute Gasteiger partial charge is 0.479 e. The molecule has 0 aliphatic rings. The van der Waals surface area contributed by atoms with E-state index in [2.05, 4.69) is 5.10 Å². The molecule has 1 aromatic carbocycles. The van der Waals surface area contributed by atoms with Gasteiger partial charge in [0.2, 0.25) is 0 Å². The van der Waals surface area contributed by atoms with E-state index in [0.717, 1.165) is 11.3 Å². The molecule has 5 nitrogen and oxygen atoms in total. The van der Waals surface area contributed by atoms with E-state index in [1.165, 1.54) is 0 Å². The number of carbonyl (C=O) groups is 1. The summed E-state index contributed by atoms with van der Waals surface area (Å²) in [6, 6.07) is 11.4. The molecule has 94 valence electrons. The van der Waals surface area contributed by atoms with Crippen molar-refractivity contribution >= 4 is 5.97 Å². The van der Waals surface area contributed by atoms with Crippen LogP contribution in [0.4, 0.5) is 0 Å². The highest BCUT2D eigenvalue weighted by Crippen LogP contribution is 2.19. The number of aliphatic hydroxyl groups is 1. The quantitative estimate of drug-likeness (QED) is 0.846. The predicted octanol–water partition coefficient (Wildman–Crippen LogP) is 1.08. The topological polar surface area (TPSA) is 75.3 Å². The number of carboxylic acids is 1. The fourth-order valence-corrected chi connectivity index (χ4v) is 1.73. The molecule has 2 rings (SSSR count). The van der Waals surface area contributed by atoms with Gasteiger partial charge in [-0.05, 0) is 6.07 Å². The second-order valence-electron chi connectivity index (χ2n) is 4.07. The normalized spacial score (nSPS) is 12.3. The van der Waals surface area contributed by atoms with Gasteiger partial charge in [0.25, 0.3) is 0 Å². The van der Waals surface area contributed by atoms with Crippen LogP contribution in [0, 0.1) is 0 Å². The Morgan fingerprint density at radius 2 is 2.06 bits per heavy atom. The van der Waals surface area contributed by atoms with Gasteiger partial charge in [-0.1, -0.05) is 30.3 Å². The monoisotopic (exact) mass is 246 g/mol. The maximum absolute atomic E-state index is 10.6. The van der Waals surface area contributed by atoms with Gasteiger partial charge in [-0.2, -0.15) is 5.10 Å². The number of nitrogens with zero attached hydrogens (tertiary/aromatic N) is 2. The van der Waals surface area contributed by atoms with Gasteiger partial charge in [-0.15, -0.1) is 0 Å². The van der Waals surface area contributed by atoms with Crippen LogP contribution in [0.2, 0.25) is 0 Å². The lowest BCUT2D eigenvalue weighted by atomic mass is 10.1. The zero-order valence-corrected chi connectivity index (χ0v) is 9.95. The van der Waals surface area contributed by atoms with Crippen molar-refractivity contribution in [2.45, 2.75) is 12.5 Å². The van der Waals surface area contributed by atoms with Crippen LogP contribution in [-0.2, 0) is 18.3 Å². The molecule has 0 radical (unpaired) electrons. The third-order valence-electron chi connectivity index (χ3n) is 2.73. The Bertz CT molecular complexity index is 549. The number of benzene rings is 1. The van der Waals surface area contributed by atoms with E-state index in [-0.39, 0.29) is 6.42 Å². The summed E-state index contributed by atoms with van der Waals surface area (Å²) in [6.45, 7) is 0. The Balaban J connectivity index is 2.25. The first kappa shape index (κ1) is 12.3. The van der Waals surface area contributed by atoms with E-state index >= 15 is 0 Å². The van der Waals surface area contributed by atoms with E-state index in [1.54, 1.807) is 17.8 Å². The van der Waals surface area contributed by atoms with Crippen LogP contribution in [0.25, 0.3) is 11.3 Å². The third kappa shape index (κ3) is 2.57. The molecule has 0 saturated heterocycles. The highest BCUT2D eigenvalue weighted by molar-refractivity contribution is 5.72. The SMILES string of the molecule is Cn1nc(-c2ccccc2)cc1CC(O)C(=O)O. The molecule has 0 saturated carbocycles. The van der Waals surface area contributed by atoms with Gasteiger partial charge in [0, 0.05) is 24.7 Å². The molecule has 0 spiro atoms. The molecular formula is C13H14N2O3. The summed E-state index contributed by atoms with van der Waals surface area (Å²) < 4.78 is 1.59. The number of hydrogen-bond donors (Lipinski definition) is 2. The highest BCUT2D eigenvalue weighted by Gasteiger charge is 2.17. The minimum Gasteiger partial charge on any atom is -0.479 e. The number of aromatic nitrogens is 2. The number of carboxylic acid groups (broad SMARTS) is 1. The van der Waals surface area contributed by atoms with Gasteiger partial charge in [0.05, 0.1) is 5.69 Å². The second-order valence-corrected chi connectivity index (χ2v) is 4.07. The molecule has 5 heteroatoms. The molecule has 1 unspecified atom stereocenters. The van der Waals surface area contributed by atoms with Crippen LogP contribution in [0.1, 0.15) is 5.69 Å². The number of hydrogen-bond acceptors (Lipinski definition) is 3. The zero-order valence-electron chi connectivity index (χ0n) is 9.95. The Kier molecular flexibility index (Phi) is 3.43. The van der Waals surface area contributed by atoms with Crippen molar-refractivity contribution in [2.24, 2.45) is 7.05 Å². The van der Waals surface area contributed by atoms with E-state index in [9.17, 15) is 9.90 Å². The second kappa shape index (κ2) is 5.01. The molecule has 0 bridgehead atoms. The van der Waals surface area contributed by atoms with Gasteiger partial charge in [0.1, 0.15) is 0 Å². The minimum atomic E-state index is -1.40. The van der Waals surface area contributed by atoms with Crippen molar-refractivity contribution in [3.63, 3.8) is 0 Å². The maximum Gasteiger partial charge on any atom is 0.332 e. The molecule has 2 aromatic rings. The molecule has 0 fully saturated rings. The maximum atomic E-state index is 10.6. The van der Waals surface area contributed by atoms with E-state index in [4.69, 9.17) is 5.11 Å². The molecule has 1 atom stereocenters. The molecule has 18 heavy (non-hydrogen) atoms. The number of aryl methyl sites for hydroxylation is 1. The van der Waals surface area contributed by atoms with E-state index < -0.39 is 12.1 Å². The first-order chi connectivity index (χ1) is 8.58. The van der Waals surface area contributed by atoms with Crippen molar-refractivity contribution < 1.29 is 15.0 Å². The van der Waals surface area contributed by atoms with Crippen LogP contribution >= 0.6 is 0 Å². The molecular weight excluding hydrogens is 232 g/mol. The molecule has 1 heterocycles. The van der Waals surface area contributed by atoms with Gasteiger partial charge in [0.15, 0.2) is 6.10 Å². The predicted molar refractivity (Wildman–Crippen MR) is 66.0 cm³/mol. The van der Waals surface area contributed by atoms with Crippen molar-refractivity contribution in [1.82, 2.24) is 9.78 Å². The average Bonchev–Trinajstić information content (AvgIpc) is 2.72. The van der Waals surface area contributed by atoms with Gasteiger partial charge < -0.3 is 10.2 Å².